The number of aryl methyl sites for hydroxylation is 1. The van der Waals surface area contributed by atoms with Gasteiger partial charge in [-0.15, -0.1) is 0 Å². The normalized spacial score (nSPS) is 11.3. The summed E-state index contributed by atoms with van der Waals surface area (Å²) >= 11 is 1.58. The Morgan fingerprint density at radius 2 is 1.91 bits per heavy atom. The van der Waals surface area contributed by atoms with Crippen molar-refractivity contribution in [2.45, 2.75) is 0 Å². The fourth-order valence-electron chi connectivity index (χ4n) is 2.61. The number of thiazole rings is 1. The average Bonchev–Trinajstić information content (AvgIpc) is 3.17. The largest absolute Gasteiger partial charge is 0.497 e. The molecule has 4 aromatic rings. The van der Waals surface area contributed by atoms with Crippen LogP contribution in [0.4, 0.5) is 5.82 Å². The number of hydrogen-bond donors (Lipinski definition) is 1. The second-order valence-electron chi connectivity index (χ2n) is 5.16. The number of rotatable bonds is 3. The first-order valence-electron chi connectivity index (χ1n) is 7.15. The maximum absolute atomic E-state index is 5.21. The summed E-state index contributed by atoms with van der Waals surface area (Å²) in [6.45, 7) is 0. The van der Waals surface area contributed by atoms with Crippen molar-refractivity contribution in [3.8, 4) is 16.3 Å². The molecule has 6 nitrogen and oxygen atoms in total. The van der Waals surface area contributed by atoms with Crippen LogP contribution >= 0.6 is 11.3 Å². The van der Waals surface area contributed by atoms with Crippen LogP contribution in [0.5, 0.6) is 5.75 Å². The number of fused-ring (bicyclic) bond motifs is 3. The molecule has 23 heavy (non-hydrogen) atoms. The van der Waals surface area contributed by atoms with Crippen molar-refractivity contribution >= 4 is 38.5 Å². The van der Waals surface area contributed by atoms with Crippen LogP contribution in [0.1, 0.15) is 0 Å². The molecule has 4 rings (SSSR count). The van der Waals surface area contributed by atoms with E-state index in [0.717, 1.165) is 43.5 Å². The van der Waals surface area contributed by atoms with E-state index >= 15 is 0 Å². The fourth-order valence-corrected chi connectivity index (χ4v) is 3.56. The van der Waals surface area contributed by atoms with Crippen molar-refractivity contribution in [2.24, 2.45) is 7.05 Å². The molecule has 1 N–H and O–H groups in total. The van der Waals surface area contributed by atoms with Gasteiger partial charge in [0, 0.05) is 19.7 Å². The van der Waals surface area contributed by atoms with Gasteiger partial charge in [-0.05, 0) is 24.3 Å². The summed E-state index contributed by atoms with van der Waals surface area (Å²) in [6.07, 6.45) is 1.79. The zero-order valence-corrected chi connectivity index (χ0v) is 13.8. The third kappa shape index (κ3) is 2.12. The van der Waals surface area contributed by atoms with Crippen LogP contribution < -0.4 is 10.1 Å². The van der Waals surface area contributed by atoms with Crippen LogP contribution in [0.2, 0.25) is 0 Å². The van der Waals surface area contributed by atoms with E-state index in [1.807, 2.05) is 42.9 Å². The van der Waals surface area contributed by atoms with E-state index in [4.69, 9.17) is 9.72 Å². The van der Waals surface area contributed by atoms with Gasteiger partial charge in [-0.2, -0.15) is 0 Å². The van der Waals surface area contributed by atoms with Gasteiger partial charge in [0.15, 0.2) is 5.82 Å². The highest BCUT2D eigenvalue weighted by atomic mass is 32.1. The van der Waals surface area contributed by atoms with Crippen LogP contribution in [0.15, 0.2) is 30.6 Å². The first-order valence-corrected chi connectivity index (χ1v) is 7.96. The lowest BCUT2D eigenvalue weighted by Crippen LogP contribution is -1.95. The van der Waals surface area contributed by atoms with Gasteiger partial charge in [-0.3, -0.25) is 0 Å². The Balaban J connectivity index is 1.96. The number of nitrogens with one attached hydrogen (secondary N) is 1. The number of ether oxygens (including phenoxy) is 1. The topological polar surface area (TPSA) is 64.9 Å². The van der Waals surface area contributed by atoms with Crippen LogP contribution in [0.25, 0.3) is 32.0 Å². The van der Waals surface area contributed by atoms with Gasteiger partial charge < -0.3 is 14.6 Å². The zero-order valence-electron chi connectivity index (χ0n) is 13.0. The Kier molecular flexibility index (Phi) is 3.16. The van der Waals surface area contributed by atoms with Crippen molar-refractivity contribution < 1.29 is 4.74 Å². The molecule has 0 atom stereocenters. The van der Waals surface area contributed by atoms with E-state index in [9.17, 15) is 0 Å². The smallest absolute Gasteiger partial charge is 0.155 e. The maximum Gasteiger partial charge on any atom is 0.155 e. The molecule has 0 unspecified atom stereocenters. The van der Waals surface area contributed by atoms with Gasteiger partial charge >= 0.3 is 0 Å². The third-order valence-electron chi connectivity index (χ3n) is 3.78. The number of nitrogens with zero attached hydrogens (tertiary/aromatic N) is 4. The zero-order chi connectivity index (χ0) is 16.0. The molecule has 0 aliphatic carbocycles. The standard InChI is InChI=1S/C16H15N5OS/c1-17-14-11-13(21(2)8-18-11)12-16(20-14)23-15(19-12)9-4-6-10(22-3)7-5-9/h4-8H,1-3H3,(H,17,20). The Bertz CT molecular complexity index is 1000. The molecule has 7 heteroatoms. The molecular formula is C16H15N5OS. The van der Waals surface area contributed by atoms with Gasteiger partial charge in [0.25, 0.3) is 0 Å². The number of aromatic nitrogens is 4. The summed E-state index contributed by atoms with van der Waals surface area (Å²) in [4.78, 5) is 14.8. The molecule has 0 aliphatic heterocycles. The Hall–Kier alpha value is -2.67. The second-order valence-corrected chi connectivity index (χ2v) is 6.14. The second kappa shape index (κ2) is 5.20. The number of imidazole rings is 1. The van der Waals surface area contributed by atoms with Crippen LogP contribution in [-0.4, -0.2) is 33.7 Å². The molecule has 0 radical (unpaired) electrons. The van der Waals surface area contributed by atoms with Gasteiger partial charge in [0.1, 0.15) is 32.1 Å². The quantitative estimate of drug-likeness (QED) is 0.626. The van der Waals surface area contributed by atoms with E-state index < -0.39 is 0 Å². The van der Waals surface area contributed by atoms with E-state index in [-0.39, 0.29) is 0 Å². The molecule has 3 aromatic heterocycles. The van der Waals surface area contributed by atoms with E-state index in [0.29, 0.717) is 0 Å². The molecular weight excluding hydrogens is 310 g/mol. The molecule has 0 amide bonds. The summed E-state index contributed by atoms with van der Waals surface area (Å²) in [5, 5.41) is 4.05. The lowest BCUT2D eigenvalue weighted by molar-refractivity contribution is 0.415. The summed E-state index contributed by atoms with van der Waals surface area (Å²) in [6, 6.07) is 7.90. The minimum absolute atomic E-state index is 0.776. The molecule has 116 valence electrons. The molecule has 0 spiro atoms. The highest BCUT2D eigenvalue weighted by molar-refractivity contribution is 7.21. The Morgan fingerprint density at radius 3 is 2.61 bits per heavy atom. The Morgan fingerprint density at radius 1 is 1.13 bits per heavy atom. The average molecular weight is 325 g/mol. The number of anilines is 1. The molecule has 0 bridgehead atoms. The molecule has 1 aromatic carbocycles. The van der Waals surface area contributed by atoms with Crippen molar-refractivity contribution in [3.05, 3.63) is 30.6 Å². The van der Waals surface area contributed by atoms with E-state index in [2.05, 4.69) is 15.3 Å². The van der Waals surface area contributed by atoms with Crippen LogP contribution in [0.3, 0.4) is 0 Å². The highest BCUT2D eigenvalue weighted by Crippen LogP contribution is 2.35. The van der Waals surface area contributed by atoms with Crippen LogP contribution in [-0.2, 0) is 7.05 Å². The molecule has 0 fully saturated rings. The van der Waals surface area contributed by atoms with Crippen molar-refractivity contribution in [1.29, 1.82) is 0 Å². The number of methoxy groups -OCH3 is 1. The van der Waals surface area contributed by atoms with Crippen LogP contribution in [0, 0.1) is 0 Å². The highest BCUT2D eigenvalue weighted by Gasteiger charge is 2.16. The van der Waals surface area contributed by atoms with Gasteiger partial charge in [0.2, 0.25) is 0 Å². The fraction of sp³-hybridized carbons (Fsp3) is 0.188. The van der Waals surface area contributed by atoms with Crippen molar-refractivity contribution in [1.82, 2.24) is 19.5 Å². The summed E-state index contributed by atoms with van der Waals surface area (Å²) < 4.78 is 7.19. The predicted molar refractivity (Wildman–Crippen MR) is 93.2 cm³/mol. The van der Waals surface area contributed by atoms with Crippen molar-refractivity contribution in [3.63, 3.8) is 0 Å². The Labute approximate surface area is 136 Å². The number of benzene rings is 1. The lowest BCUT2D eigenvalue weighted by atomic mass is 10.2. The van der Waals surface area contributed by atoms with E-state index in [1.54, 1.807) is 24.8 Å². The molecule has 3 heterocycles. The molecule has 0 saturated carbocycles. The van der Waals surface area contributed by atoms with Gasteiger partial charge in [-0.25, -0.2) is 15.0 Å². The monoisotopic (exact) mass is 325 g/mol. The maximum atomic E-state index is 5.21. The number of hydrogen-bond acceptors (Lipinski definition) is 6. The first-order chi connectivity index (χ1) is 11.2. The molecule has 0 aliphatic rings. The minimum Gasteiger partial charge on any atom is -0.497 e. The number of pyridine rings is 1. The summed E-state index contributed by atoms with van der Waals surface area (Å²) in [5.74, 6) is 1.61. The minimum atomic E-state index is 0.776. The van der Waals surface area contributed by atoms with Gasteiger partial charge in [-0.1, -0.05) is 11.3 Å². The van der Waals surface area contributed by atoms with Crippen molar-refractivity contribution in [2.75, 3.05) is 19.5 Å². The summed E-state index contributed by atoms with van der Waals surface area (Å²) in [5.41, 5.74) is 3.77. The lowest BCUT2D eigenvalue weighted by Gasteiger charge is -2.01. The predicted octanol–water partition coefficient (Wildman–Crippen LogP) is 3.30. The summed E-state index contributed by atoms with van der Waals surface area (Å²) in [7, 11) is 5.49. The third-order valence-corrected chi connectivity index (χ3v) is 4.78. The van der Waals surface area contributed by atoms with E-state index in [1.165, 1.54) is 0 Å². The molecule has 0 saturated heterocycles. The van der Waals surface area contributed by atoms with Gasteiger partial charge in [0.05, 0.1) is 13.4 Å². The SMILES string of the molecule is CNc1nc2sc(-c3ccc(OC)cc3)nc2c2c1ncn2C. The first kappa shape index (κ1) is 14.0.